The number of hydrogen-bond donors (Lipinski definition) is 0. The lowest BCUT2D eigenvalue weighted by Gasteiger charge is -2.26. The summed E-state index contributed by atoms with van der Waals surface area (Å²) in [6.45, 7) is 0. The molecule has 0 N–H and O–H groups in total. The van der Waals surface area contributed by atoms with Gasteiger partial charge in [0.05, 0.1) is 11.0 Å². The standard InChI is InChI=1S/C48H33FN2S/c49-36-19-25-39(26-20-36)51-45-12-6-4-10-41(45)43-30-35(18-28-46(43)51)34-16-23-38(24-17-34)50(37-21-14-33(15-22-37)32-8-2-1-3-9-32)40-27-29-48-44(31-40)42-11-5-7-13-47(42)52-48/h1-4,6-10,12-31H,5,11H2. The molecule has 10 rings (SSSR count). The van der Waals surface area contributed by atoms with Crippen molar-refractivity contribution in [3.63, 3.8) is 0 Å². The van der Waals surface area contributed by atoms with Crippen molar-refractivity contribution in [2.24, 2.45) is 0 Å². The smallest absolute Gasteiger partial charge is 0.123 e. The minimum Gasteiger partial charge on any atom is -0.310 e. The van der Waals surface area contributed by atoms with Crippen LogP contribution in [0.3, 0.4) is 0 Å². The van der Waals surface area contributed by atoms with Gasteiger partial charge in [0.1, 0.15) is 5.82 Å². The van der Waals surface area contributed by atoms with Gasteiger partial charge in [-0.05, 0) is 137 Å². The lowest BCUT2D eigenvalue weighted by molar-refractivity contribution is 0.627. The van der Waals surface area contributed by atoms with Crippen LogP contribution >= 0.6 is 11.3 Å². The monoisotopic (exact) mass is 688 g/mol. The molecule has 9 aromatic rings. The number of allylic oxidation sites excluding steroid dienone is 1. The molecule has 52 heavy (non-hydrogen) atoms. The SMILES string of the molecule is Fc1ccc(-n2c3ccccc3c3cc(-c4ccc(N(c5ccc(-c6ccccc6)cc5)c5ccc6sc7c(c6c5)CCC=C7)cc4)ccc32)cc1. The van der Waals surface area contributed by atoms with Crippen LogP contribution in [0.25, 0.3) is 65.9 Å². The average molecular weight is 689 g/mol. The molecule has 2 heterocycles. The minimum absolute atomic E-state index is 0.235. The summed E-state index contributed by atoms with van der Waals surface area (Å²) in [6.07, 6.45) is 6.76. The Bertz CT molecular complexity index is 2770. The lowest BCUT2D eigenvalue weighted by atomic mass is 10.00. The van der Waals surface area contributed by atoms with Gasteiger partial charge < -0.3 is 9.47 Å². The summed E-state index contributed by atoms with van der Waals surface area (Å²) in [7, 11) is 0. The van der Waals surface area contributed by atoms with E-state index in [4.69, 9.17) is 0 Å². The Labute approximate surface area is 306 Å². The van der Waals surface area contributed by atoms with Crippen molar-refractivity contribution in [1.29, 1.82) is 0 Å². The molecule has 0 unspecified atom stereocenters. The number of para-hydroxylation sites is 1. The van der Waals surface area contributed by atoms with E-state index in [0.717, 1.165) is 57.8 Å². The molecule has 0 bridgehead atoms. The summed E-state index contributed by atoms with van der Waals surface area (Å²) in [5.74, 6) is -0.235. The first-order valence-corrected chi connectivity index (χ1v) is 18.6. The van der Waals surface area contributed by atoms with Crippen LogP contribution in [0, 0.1) is 5.82 Å². The molecule has 0 spiro atoms. The Balaban J connectivity index is 1.06. The van der Waals surface area contributed by atoms with Gasteiger partial charge in [-0.3, -0.25) is 0 Å². The minimum atomic E-state index is -0.235. The van der Waals surface area contributed by atoms with E-state index < -0.39 is 0 Å². The van der Waals surface area contributed by atoms with E-state index in [1.165, 1.54) is 54.6 Å². The molecule has 0 aliphatic heterocycles. The number of rotatable bonds is 6. The summed E-state index contributed by atoms with van der Waals surface area (Å²) < 4.78 is 17.4. The van der Waals surface area contributed by atoms with Gasteiger partial charge >= 0.3 is 0 Å². The van der Waals surface area contributed by atoms with Gasteiger partial charge in [-0.2, -0.15) is 0 Å². The highest BCUT2D eigenvalue weighted by atomic mass is 32.1. The molecular weight excluding hydrogens is 656 g/mol. The van der Waals surface area contributed by atoms with Crippen LogP contribution in [0.1, 0.15) is 16.9 Å². The molecule has 0 saturated carbocycles. The Kier molecular flexibility index (Phi) is 7.36. The summed E-state index contributed by atoms with van der Waals surface area (Å²) in [5.41, 5.74) is 12.7. The fourth-order valence-corrected chi connectivity index (χ4v) is 8.97. The van der Waals surface area contributed by atoms with Crippen molar-refractivity contribution in [1.82, 2.24) is 4.57 Å². The number of anilines is 3. The molecule has 0 atom stereocenters. The molecule has 1 aliphatic rings. The molecule has 0 radical (unpaired) electrons. The van der Waals surface area contributed by atoms with Crippen LogP contribution in [0.15, 0.2) is 170 Å². The molecule has 0 amide bonds. The fourth-order valence-electron chi connectivity index (χ4n) is 7.81. The van der Waals surface area contributed by atoms with Crippen LogP contribution in [-0.2, 0) is 6.42 Å². The number of fused-ring (bicyclic) bond motifs is 6. The van der Waals surface area contributed by atoms with Gasteiger partial charge in [0.25, 0.3) is 0 Å². The average Bonchev–Trinajstić information content (AvgIpc) is 3.74. The second-order valence-corrected chi connectivity index (χ2v) is 14.5. The van der Waals surface area contributed by atoms with Gasteiger partial charge in [-0.1, -0.05) is 84.9 Å². The Morgan fingerprint density at radius 1 is 0.519 bits per heavy atom. The maximum Gasteiger partial charge on any atom is 0.123 e. The van der Waals surface area contributed by atoms with E-state index >= 15 is 0 Å². The van der Waals surface area contributed by atoms with Crippen molar-refractivity contribution in [3.05, 3.63) is 186 Å². The highest BCUT2D eigenvalue weighted by molar-refractivity contribution is 7.20. The van der Waals surface area contributed by atoms with E-state index in [1.807, 2.05) is 23.5 Å². The molecule has 1 aliphatic carbocycles. The highest BCUT2D eigenvalue weighted by Gasteiger charge is 2.19. The van der Waals surface area contributed by atoms with E-state index in [-0.39, 0.29) is 5.82 Å². The third-order valence-electron chi connectivity index (χ3n) is 10.3. The van der Waals surface area contributed by atoms with Gasteiger partial charge in [0.15, 0.2) is 0 Å². The molecule has 7 aromatic carbocycles. The molecule has 4 heteroatoms. The number of aromatic nitrogens is 1. The highest BCUT2D eigenvalue weighted by Crippen LogP contribution is 2.42. The number of nitrogens with zero attached hydrogens (tertiary/aromatic N) is 2. The van der Waals surface area contributed by atoms with Crippen molar-refractivity contribution < 1.29 is 4.39 Å². The predicted molar refractivity (Wildman–Crippen MR) is 219 cm³/mol. The van der Waals surface area contributed by atoms with Crippen molar-refractivity contribution >= 4 is 66.4 Å². The fraction of sp³-hybridized carbons (Fsp3) is 0.0417. The summed E-state index contributed by atoms with van der Waals surface area (Å²) in [6, 6.07) is 57.2. The van der Waals surface area contributed by atoms with Crippen molar-refractivity contribution in [2.75, 3.05) is 4.90 Å². The Hall–Kier alpha value is -6.23. The number of thiophene rings is 1. The third kappa shape index (κ3) is 5.23. The summed E-state index contributed by atoms with van der Waals surface area (Å²) >= 11 is 1.89. The Morgan fingerprint density at radius 2 is 1.15 bits per heavy atom. The van der Waals surface area contributed by atoms with Crippen LogP contribution in [0.2, 0.25) is 0 Å². The number of benzene rings is 7. The van der Waals surface area contributed by atoms with E-state index in [9.17, 15) is 4.39 Å². The first-order chi connectivity index (χ1) is 25.7. The zero-order valence-corrected chi connectivity index (χ0v) is 29.2. The molecule has 248 valence electrons. The van der Waals surface area contributed by atoms with Gasteiger partial charge in [-0.25, -0.2) is 4.39 Å². The van der Waals surface area contributed by atoms with Crippen LogP contribution in [0.4, 0.5) is 21.5 Å². The zero-order chi connectivity index (χ0) is 34.6. The largest absolute Gasteiger partial charge is 0.310 e. The van der Waals surface area contributed by atoms with Crippen molar-refractivity contribution in [2.45, 2.75) is 12.8 Å². The van der Waals surface area contributed by atoms with Crippen LogP contribution in [-0.4, -0.2) is 4.57 Å². The normalized spacial score (nSPS) is 12.5. The molecular formula is C48H33FN2S. The molecule has 0 saturated heterocycles. The maximum absolute atomic E-state index is 13.8. The summed E-state index contributed by atoms with van der Waals surface area (Å²) in [4.78, 5) is 3.76. The van der Waals surface area contributed by atoms with Crippen LogP contribution < -0.4 is 4.90 Å². The molecule has 2 nitrogen and oxygen atoms in total. The quantitative estimate of drug-likeness (QED) is 0.169. The zero-order valence-electron chi connectivity index (χ0n) is 28.3. The third-order valence-corrected chi connectivity index (χ3v) is 11.5. The number of hydrogen-bond acceptors (Lipinski definition) is 2. The molecule has 2 aromatic heterocycles. The lowest BCUT2D eigenvalue weighted by Crippen LogP contribution is -2.09. The maximum atomic E-state index is 13.8. The van der Waals surface area contributed by atoms with Gasteiger partial charge in [-0.15, -0.1) is 11.3 Å². The summed E-state index contributed by atoms with van der Waals surface area (Å²) in [5, 5.41) is 3.70. The first-order valence-electron chi connectivity index (χ1n) is 17.8. The Morgan fingerprint density at radius 3 is 1.92 bits per heavy atom. The van der Waals surface area contributed by atoms with Gasteiger partial charge in [0, 0.05) is 43.1 Å². The van der Waals surface area contributed by atoms with E-state index in [1.54, 1.807) is 0 Å². The number of aryl methyl sites for hydroxylation is 1. The van der Waals surface area contributed by atoms with Crippen molar-refractivity contribution in [3.8, 4) is 27.9 Å². The second-order valence-electron chi connectivity index (χ2n) is 13.4. The van der Waals surface area contributed by atoms with Gasteiger partial charge in [0.2, 0.25) is 0 Å². The topological polar surface area (TPSA) is 8.17 Å². The van der Waals surface area contributed by atoms with E-state index in [0.29, 0.717) is 0 Å². The predicted octanol–water partition coefficient (Wildman–Crippen LogP) is 13.9. The first kappa shape index (κ1) is 30.6. The van der Waals surface area contributed by atoms with E-state index in [2.05, 4.69) is 161 Å². The number of halogens is 1. The molecule has 0 fully saturated rings. The second kappa shape index (κ2) is 12.5. The van der Waals surface area contributed by atoms with Crippen LogP contribution in [0.5, 0.6) is 0 Å².